The number of aliphatic carboxylic acids is 1. The number of rotatable bonds is 2. The first kappa shape index (κ1) is 8.73. The Morgan fingerprint density at radius 3 is 2.67 bits per heavy atom. The summed E-state index contributed by atoms with van der Waals surface area (Å²) in [6.07, 6.45) is -1.49. The van der Waals surface area contributed by atoms with Crippen LogP contribution in [0.25, 0.3) is 0 Å². The van der Waals surface area contributed by atoms with E-state index in [-0.39, 0.29) is 0 Å². The van der Waals surface area contributed by atoms with E-state index in [2.05, 4.69) is 5.10 Å². The van der Waals surface area contributed by atoms with Gasteiger partial charge in [-0.2, -0.15) is 5.10 Å². The minimum absolute atomic E-state index is 0.292. The highest BCUT2D eigenvalue weighted by Crippen LogP contribution is 2.12. The van der Waals surface area contributed by atoms with Crippen molar-refractivity contribution in [1.29, 1.82) is 0 Å². The Labute approximate surface area is 69.2 Å². The van der Waals surface area contributed by atoms with Crippen molar-refractivity contribution < 1.29 is 15.0 Å². The molecule has 5 heteroatoms. The summed E-state index contributed by atoms with van der Waals surface area (Å²) < 4.78 is 1.36. The molecule has 0 saturated carbocycles. The van der Waals surface area contributed by atoms with Crippen LogP contribution in [-0.4, -0.2) is 26.0 Å². The molecular weight excluding hydrogens is 160 g/mol. The standard InChI is InChI=1S/C7H10N2O3/c1-4-3-5(9(2)8-4)6(10)7(11)12/h3,6,10H,1-2H3,(H,11,12). The number of hydrogen-bond acceptors (Lipinski definition) is 3. The summed E-state index contributed by atoms with van der Waals surface area (Å²) in [5, 5.41) is 21.5. The van der Waals surface area contributed by atoms with Crippen LogP contribution in [0.15, 0.2) is 6.07 Å². The largest absolute Gasteiger partial charge is 0.479 e. The normalized spacial score (nSPS) is 12.9. The average Bonchev–Trinajstić information content (AvgIpc) is 2.28. The minimum atomic E-state index is -1.49. The molecule has 0 aliphatic carbocycles. The number of aryl methyl sites for hydroxylation is 2. The Morgan fingerprint density at radius 1 is 1.75 bits per heavy atom. The first-order valence-corrected chi connectivity index (χ1v) is 3.44. The summed E-state index contributed by atoms with van der Waals surface area (Å²) in [6.45, 7) is 1.73. The zero-order chi connectivity index (χ0) is 9.30. The van der Waals surface area contributed by atoms with Crippen molar-refractivity contribution in [1.82, 2.24) is 9.78 Å². The number of aliphatic hydroxyl groups is 1. The highest BCUT2D eigenvalue weighted by Gasteiger charge is 2.19. The molecule has 2 N–H and O–H groups in total. The van der Waals surface area contributed by atoms with E-state index in [1.54, 1.807) is 20.0 Å². The Morgan fingerprint density at radius 2 is 2.33 bits per heavy atom. The molecule has 0 bridgehead atoms. The second kappa shape index (κ2) is 2.94. The zero-order valence-electron chi connectivity index (χ0n) is 6.85. The van der Waals surface area contributed by atoms with E-state index in [0.29, 0.717) is 11.4 Å². The molecule has 66 valence electrons. The molecule has 0 saturated heterocycles. The molecule has 12 heavy (non-hydrogen) atoms. The number of carbonyl (C=O) groups is 1. The van der Waals surface area contributed by atoms with Gasteiger partial charge in [0.2, 0.25) is 0 Å². The zero-order valence-corrected chi connectivity index (χ0v) is 6.85. The van der Waals surface area contributed by atoms with Crippen LogP contribution in [0.5, 0.6) is 0 Å². The second-order valence-corrected chi connectivity index (χ2v) is 2.57. The first-order chi connectivity index (χ1) is 5.52. The maximum Gasteiger partial charge on any atom is 0.338 e. The Bertz CT molecular complexity index is 306. The van der Waals surface area contributed by atoms with Gasteiger partial charge in [0.1, 0.15) is 0 Å². The fourth-order valence-corrected chi connectivity index (χ4v) is 1.01. The molecule has 0 aliphatic rings. The molecule has 1 aromatic heterocycles. The van der Waals surface area contributed by atoms with Crippen molar-refractivity contribution in [2.75, 3.05) is 0 Å². The van der Waals surface area contributed by atoms with Crippen molar-refractivity contribution in [2.24, 2.45) is 7.05 Å². The van der Waals surface area contributed by atoms with Crippen LogP contribution in [0.1, 0.15) is 17.5 Å². The summed E-state index contributed by atoms with van der Waals surface area (Å²) in [5.74, 6) is -1.27. The van der Waals surface area contributed by atoms with Gasteiger partial charge in [0, 0.05) is 7.05 Å². The molecule has 0 radical (unpaired) electrons. The second-order valence-electron chi connectivity index (χ2n) is 2.57. The lowest BCUT2D eigenvalue weighted by atomic mass is 10.2. The van der Waals surface area contributed by atoms with Crippen molar-refractivity contribution >= 4 is 5.97 Å². The number of carboxylic acid groups (broad SMARTS) is 1. The molecule has 0 aromatic carbocycles. The van der Waals surface area contributed by atoms with Gasteiger partial charge in [0.05, 0.1) is 11.4 Å². The summed E-state index contributed by atoms with van der Waals surface area (Å²) in [4.78, 5) is 10.4. The van der Waals surface area contributed by atoms with Crippen LogP contribution in [0.4, 0.5) is 0 Å². The third kappa shape index (κ3) is 1.45. The van der Waals surface area contributed by atoms with Crippen LogP contribution in [0.3, 0.4) is 0 Å². The average molecular weight is 170 g/mol. The van der Waals surface area contributed by atoms with Crippen LogP contribution >= 0.6 is 0 Å². The minimum Gasteiger partial charge on any atom is -0.479 e. The van der Waals surface area contributed by atoms with E-state index in [1.165, 1.54) is 4.68 Å². The predicted molar refractivity (Wildman–Crippen MR) is 40.5 cm³/mol. The molecule has 1 atom stereocenters. The molecule has 1 aromatic rings. The van der Waals surface area contributed by atoms with Gasteiger partial charge < -0.3 is 10.2 Å². The van der Waals surface area contributed by atoms with Gasteiger partial charge in [-0.3, -0.25) is 4.68 Å². The van der Waals surface area contributed by atoms with E-state index in [1.807, 2.05) is 0 Å². The van der Waals surface area contributed by atoms with Gasteiger partial charge in [0.15, 0.2) is 6.10 Å². The fraction of sp³-hybridized carbons (Fsp3) is 0.429. The monoisotopic (exact) mass is 170 g/mol. The van der Waals surface area contributed by atoms with Crippen molar-refractivity contribution in [3.8, 4) is 0 Å². The topological polar surface area (TPSA) is 75.3 Å². The Hall–Kier alpha value is -1.36. The first-order valence-electron chi connectivity index (χ1n) is 3.44. The molecule has 0 spiro atoms. The van der Waals surface area contributed by atoms with Gasteiger partial charge in [-0.15, -0.1) is 0 Å². The van der Waals surface area contributed by atoms with Crippen LogP contribution < -0.4 is 0 Å². The number of carboxylic acids is 1. The van der Waals surface area contributed by atoms with Gasteiger partial charge >= 0.3 is 5.97 Å². The van der Waals surface area contributed by atoms with Gasteiger partial charge in [-0.1, -0.05) is 0 Å². The van der Waals surface area contributed by atoms with E-state index >= 15 is 0 Å². The smallest absolute Gasteiger partial charge is 0.338 e. The SMILES string of the molecule is Cc1cc(C(O)C(=O)O)n(C)n1. The lowest BCUT2D eigenvalue weighted by molar-refractivity contribution is -0.147. The van der Waals surface area contributed by atoms with Crippen LogP contribution in [-0.2, 0) is 11.8 Å². The van der Waals surface area contributed by atoms with E-state index < -0.39 is 12.1 Å². The molecule has 0 aliphatic heterocycles. The predicted octanol–water partition coefficient (Wildman–Crippen LogP) is -0.153. The number of aliphatic hydroxyl groups excluding tert-OH is 1. The van der Waals surface area contributed by atoms with Gasteiger partial charge in [-0.05, 0) is 13.0 Å². The molecular formula is C7H10N2O3. The van der Waals surface area contributed by atoms with E-state index in [4.69, 9.17) is 10.2 Å². The lowest BCUT2D eigenvalue weighted by Gasteiger charge is -2.04. The number of nitrogens with zero attached hydrogens (tertiary/aromatic N) is 2. The number of aromatic nitrogens is 2. The Balaban J connectivity index is 3.02. The van der Waals surface area contributed by atoms with Gasteiger partial charge in [0.25, 0.3) is 0 Å². The highest BCUT2D eigenvalue weighted by molar-refractivity contribution is 5.73. The highest BCUT2D eigenvalue weighted by atomic mass is 16.4. The molecule has 0 fully saturated rings. The third-order valence-electron chi connectivity index (χ3n) is 1.55. The maximum atomic E-state index is 10.4. The van der Waals surface area contributed by atoms with E-state index in [9.17, 15) is 4.79 Å². The molecule has 1 unspecified atom stereocenters. The summed E-state index contributed by atoms with van der Waals surface area (Å²) in [7, 11) is 1.59. The number of hydrogen-bond donors (Lipinski definition) is 2. The fourth-order valence-electron chi connectivity index (χ4n) is 1.01. The van der Waals surface area contributed by atoms with Crippen molar-refractivity contribution in [2.45, 2.75) is 13.0 Å². The molecule has 1 heterocycles. The lowest BCUT2D eigenvalue weighted by Crippen LogP contribution is -2.14. The molecule has 1 rings (SSSR count). The van der Waals surface area contributed by atoms with E-state index in [0.717, 1.165) is 0 Å². The van der Waals surface area contributed by atoms with Crippen molar-refractivity contribution in [3.63, 3.8) is 0 Å². The molecule has 0 amide bonds. The third-order valence-corrected chi connectivity index (χ3v) is 1.55. The van der Waals surface area contributed by atoms with Crippen LogP contribution in [0, 0.1) is 6.92 Å². The maximum absolute atomic E-state index is 10.4. The Kier molecular flexibility index (Phi) is 2.14. The summed E-state index contributed by atoms with van der Waals surface area (Å²) in [5.41, 5.74) is 0.979. The van der Waals surface area contributed by atoms with Crippen LogP contribution in [0.2, 0.25) is 0 Å². The summed E-state index contributed by atoms with van der Waals surface area (Å²) in [6, 6.07) is 1.54. The quantitative estimate of drug-likeness (QED) is 0.647. The van der Waals surface area contributed by atoms with Gasteiger partial charge in [-0.25, -0.2) is 4.79 Å². The summed E-state index contributed by atoms with van der Waals surface area (Å²) >= 11 is 0. The van der Waals surface area contributed by atoms with Crippen molar-refractivity contribution in [3.05, 3.63) is 17.5 Å². The molecule has 5 nitrogen and oxygen atoms in total.